The third-order valence-corrected chi connectivity index (χ3v) is 4.13. The van der Waals surface area contributed by atoms with Gasteiger partial charge in [0.15, 0.2) is 5.82 Å². The largest absolute Gasteiger partial charge is 0.348 e. The van der Waals surface area contributed by atoms with E-state index in [4.69, 9.17) is 0 Å². The van der Waals surface area contributed by atoms with Crippen LogP contribution in [0.5, 0.6) is 0 Å². The lowest BCUT2D eigenvalue weighted by molar-refractivity contribution is 0.0949. The van der Waals surface area contributed by atoms with Crippen LogP contribution in [-0.4, -0.2) is 30.6 Å². The van der Waals surface area contributed by atoms with E-state index in [0.717, 1.165) is 11.3 Å². The molecule has 1 amide bonds. The molecule has 0 saturated heterocycles. The summed E-state index contributed by atoms with van der Waals surface area (Å²) in [5.74, 6) is -0.192. The van der Waals surface area contributed by atoms with E-state index >= 15 is 0 Å². The molecule has 0 aliphatic heterocycles. The second kappa shape index (κ2) is 7.67. The Bertz CT molecular complexity index is 1150. The minimum atomic E-state index is -0.520. The molecule has 28 heavy (non-hydrogen) atoms. The van der Waals surface area contributed by atoms with Crippen molar-refractivity contribution in [1.29, 1.82) is 0 Å². The molecule has 0 aliphatic rings. The Kier molecular flexibility index (Phi) is 4.75. The van der Waals surface area contributed by atoms with Crippen molar-refractivity contribution in [2.45, 2.75) is 6.54 Å². The molecule has 0 radical (unpaired) electrons. The predicted molar refractivity (Wildman–Crippen MR) is 103 cm³/mol. The molecular weight excluding hydrogens is 356 g/mol. The Labute approximate surface area is 159 Å². The van der Waals surface area contributed by atoms with Gasteiger partial charge in [-0.3, -0.25) is 14.6 Å². The van der Waals surface area contributed by atoms with Gasteiger partial charge in [0.05, 0.1) is 5.69 Å². The first-order valence-electron chi connectivity index (χ1n) is 8.59. The van der Waals surface area contributed by atoms with Crippen molar-refractivity contribution < 1.29 is 4.79 Å². The van der Waals surface area contributed by atoms with Gasteiger partial charge in [0.25, 0.3) is 11.5 Å². The van der Waals surface area contributed by atoms with E-state index in [9.17, 15) is 9.59 Å². The minimum Gasteiger partial charge on any atom is -0.348 e. The molecule has 0 fully saturated rings. The van der Waals surface area contributed by atoms with Crippen molar-refractivity contribution in [3.8, 4) is 17.2 Å². The molecule has 0 unspecified atom stereocenters. The molecule has 8 nitrogen and oxygen atoms in total. The van der Waals surface area contributed by atoms with Crippen LogP contribution in [0.2, 0.25) is 0 Å². The van der Waals surface area contributed by atoms with E-state index in [1.54, 1.807) is 35.3 Å². The van der Waals surface area contributed by atoms with Gasteiger partial charge < -0.3 is 10.3 Å². The number of benzene rings is 1. The molecule has 2 N–H and O–H groups in total. The molecule has 4 aromatic rings. The zero-order valence-corrected chi connectivity index (χ0v) is 14.7. The summed E-state index contributed by atoms with van der Waals surface area (Å²) in [5.41, 5.74) is 1.67. The van der Waals surface area contributed by atoms with Gasteiger partial charge in [-0.2, -0.15) is 5.10 Å². The van der Waals surface area contributed by atoms with Gasteiger partial charge in [-0.25, -0.2) is 9.67 Å². The Balaban J connectivity index is 1.52. The molecule has 1 aromatic carbocycles. The number of carbonyl (C=O) groups is 1. The number of hydrogen-bond donors (Lipinski definition) is 2. The van der Waals surface area contributed by atoms with Crippen molar-refractivity contribution in [3.63, 3.8) is 0 Å². The lowest BCUT2D eigenvalue weighted by atomic mass is 10.1. The number of aromatic nitrogens is 5. The first kappa shape index (κ1) is 17.3. The molecule has 0 spiro atoms. The number of aromatic amines is 1. The highest BCUT2D eigenvalue weighted by atomic mass is 16.2. The standard InChI is InChI=1S/C20H16N6O2/c27-19(15-13-22-18(25-20(15)28)16-7-3-4-9-21-16)23-12-14-6-1-2-8-17(14)26-11-5-10-24-26/h1-11,13H,12H2,(H,23,27)(H,22,25,28). The molecule has 138 valence electrons. The quantitative estimate of drug-likeness (QED) is 0.557. The number of hydrogen-bond acceptors (Lipinski definition) is 5. The van der Waals surface area contributed by atoms with Crippen LogP contribution in [0.25, 0.3) is 17.2 Å². The third-order valence-electron chi connectivity index (χ3n) is 4.13. The number of nitrogens with zero attached hydrogens (tertiary/aromatic N) is 4. The van der Waals surface area contributed by atoms with Gasteiger partial charge in [0.2, 0.25) is 0 Å². The van der Waals surface area contributed by atoms with Gasteiger partial charge >= 0.3 is 0 Å². The molecule has 3 aromatic heterocycles. The van der Waals surface area contributed by atoms with Crippen molar-refractivity contribution >= 4 is 5.91 Å². The molecule has 0 bridgehead atoms. The monoisotopic (exact) mass is 372 g/mol. The van der Waals surface area contributed by atoms with Crippen LogP contribution in [0.1, 0.15) is 15.9 Å². The summed E-state index contributed by atoms with van der Waals surface area (Å²) in [7, 11) is 0. The van der Waals surface area contributed by atoms with Gasteiger partial charge in [-0.15, -0.1) is 0 Å². The lowest BCUT2D eigenvalue weighted by Crippen LogP contribution is -2.30. The van der Waals surface area contributed by atoms with Crippen LogP contribution >= 0.6 is 0 Å². The van der Waals surface area contributed by atoms with Crippen LogP contribution in [0.4, 0.5) is 0 Å². The van der Waals surface area contributed by atoms with Crippen molar-refractivity contribution in [2.24, 2.45) is 0 Å². The Morgan fingerprint density at radius 3 is 2.64 bits per heavy atom. The highest BCUT2D eigenvalue weighted by molar-refractivity contribution is 5.93. The summed E-state index contributed by atoms with van der Waals surface area (Å²) in [4.78, 5) is 35.7. The maximum atomic E-state index is 12.5. The average Bonchev–Trinajstić information content (AvgIpc) is 3.27. The van der Waals surface area contributed by atoms with Crippen molar-refractivity contribution in [2.75, 3.05) is 0 Å². The second-order valence-electron chi connectivity index (χ2n) is 5.95. The minimum absolute atomic E-state index is 0.0590. The number of amides is 1. The van der Waals surface area contributed by atoms with Gasteiger partial charge in [0.1, 0.15) is 11.3 Å². The summed E-state index contributed by atoms with van der Waals surface area (Å²) < 4.78 is 1.72. The highest BCUT2D eigenvalue weighted by Gasteiger charge is 2.14. The summed E-state index contributed by atoms with van der Waals surface area (Å²) in [6.07, 6.45) is 6.37. The Morgan fingerprint density at radius 2 is 1.89 bits per heavy atom. The van der Waals surface area contributed by atoms with Crippen LogP contribution in [0, 0.1) is 0 Å². The smallest absolute Gasteiger partial charge is 0.264 e. The molecular formula is C20H16N6O2. The van der Waals surface area contributed by atoms with Crippen LogP contribution in [0.15, 0.2) is 78.1 Å². The second-order valence-corrected chi connectivity index (χ2v) is 5.95. The van der Waals surface area contributed by atoms with Crippen LogP contribution in [0.3, 0.4) is 0 Å². The summed E-state index contributed by atoms with van der Waals surface area (Å²) in [5, 5.41) is 6.98. The maximum absolute atomic E-state index is 12.5. The summed E-state index contributed by atoms with van der Waals surface area (Å²) >= 11 is 0. The molecule has 0 saturated carbocycles. The first-order chi connectivity index (χ1) is 13.7. The number of para-hydroxylation sites is 1. The van der Waals surface area contributed by atoms with E-state index in [-0.39, 0.29) is 12.1 Å². The average molecular weight is 372 g/mol. The summed E-state index contributed by atoms with van der Waals surface area (Å²) in [6, 6.07) is 14.7. The van der Waals surface area contributed by atoms with Crippen LogP contribution < -0.4 is 10.9 Å². The van der Waals surface area contributed by atoms with Gasteiger partial charge in [-0.1, -0.05) is 24.3 Å². The van der Waals surface area contributed by atoms with E-state index in [1.165, 1.54) is 6.20 Å². The zero-order chi connectivity index (χ0) is 19.3. The fraction of sp³-hybridized carbons (Fsp3) is 0.0500. The third kappa shape index (κ3) is 3.56. The normalized spacial score (nSPS) is 10.6. The lowest BCUT2D eigenvalue weighted by Gasteiger charge is -2.10. The number of H-pyrrole nitrogens is 1. The summed E-state index contributed by atoms with van der Waals surface area (Å²) in [6.45, 7) is 0.246. The molecule has 0 atom stereocenters. The SMILES string of the molecule is O=C(NCc1ccccc1-n1cccn1)c1cnc(-c2ccccn2)[nH]c1=O. The van der Waals surface area contributed by atoms with E-state index in [2.05, 4.69) is 25.4 Å². The van der Waals surface area contributed by atoms with Crippen LogP contribution in [-0.2, 0) is 6.54 Å². The molecule has 3 heterocycles. The predicted octanol–water partition coefficient (Wildman–Crippen LogP) is 1.95. The van der Waals surface area contributed by atoms with Gasteiger partial charge in [-0.05, 0) is 29.8 Å². The number of nitrogens with one attached hydrogen (secondary N) is 2. The van der Waals surface area contributed by atoms with Gasteiger partial charge in [0, 0.05) is 31.3 Å². The zero-order valence-electron chi connectivity index (χ0n) is 14.7. The molecule has 4 rings (SSSR count). The number of rotatable bonds is 5. The van der Waals surface area contributed by atoms with E-state index < -0.39 is 11.5 Å². The van der Waals surface area contributed by atoms with Crippen molar-refractivity contribution in [1.82, 2.24) is 30.0 Å². The number of pyridine rings is 1. The molecule has 0 aliphatic carbocycles. The van der Waals surface area contributed by atoms with Crippen molar-refractivity contribution in [3.05, 3.63) is 94.8 Å². The fourth-order valence-electron chi connectivity index (χ4n) is 2.76. The Morgan fingerprint density at radius 1 is 1.04 bits per heavy atom. The highest BCUT2D eigenvalue weighted by Crippen LogP contribution is 2.13. The number of carbonyl (C=O) groups excluding carboxylic acids is 1. The Hall–Kier alpha value is -4.07. The topological polar surface area (TPSA) is 106 Å². The maximum Gasteiger partial charge on any atom is 0.264 e. The molecule has 8 heteroatoms. The fourth-order valence-corrected chi connectivity index (χ4v) is 2.76. The van der Waals surface area contributed by atoms with E-state index in [0.29, 0.717) is 11.5 Å². The first-order valence-corrected chi connectivity index (χ1v) is 8.59. The van der Waals surface area contributed by atoms with E-state index in [1.807, 2.05) is 36.5 Å².